The molecule has 1 aliphatic heterocycles. The summed E-state index contributed by atoms with van der Waals surface area (Å²) in [6, 6.07) is 0. The topological polar surface area (TPSA) is 46.2 Å². The van der Waals surface area contributed by atoms with Gasteiger partial charge in [0.25, 0.3) is 0 Å². The van der Waals surface area contributed by atoms with Gasteiger partial charge in [0.05, 0.1) is 5.92 Å². The lowest BCUT2D eigenvalue weighted by molar-refractivity contribution is -0.126. The Labute approximate surface area is 65.5 Å². The molecule has 0 aromatic carbocycles. The largest absolute Gasteiger partial charge is 0.296 e. The Balaban J connectivity index is 2.70. The number of nitrogens with one attached hydrogen (secondary N) is 1. The van der Waals surface area contributed by atoms with Crippen LogP contribution in [0.25, 0.3) is 0 Å². The number of rotatable bonds is 2. The first-order valence-corrected chi connectivity index (χ1v) is 3.62. The van der Waals surface area contributed by atoms with Gasteiger partial charge in [-0.05, 0) is 6.42 Å². The Morgan fingerprint density at radius 2 is 2.18 bits per heavy atom. The third kappa shape index (κ3) is 1.31. The van der Waals surface area contributed by atoms with Gasteiger partial charge in [0.2, 0.25) is 11.8 Å². The van der Waals surface area contributed by atoms with Gasteiger partial charge >= 0.3 is 0 Å². The lowest BCUT2D eigenvalue weighted by Gasteiger charge is -2.05. The fraction of sp³-hybridized carbons (Fsp3) is 0.500. The highest BCUT2D eigenvalue weighted by molar-refractivity contribution is 6.04. The van der Waals surface area contributed by atoms with Crippen LogP contribution in [0.4, 0.5) is 0 Å². The second-order valence-corrected chi connectivity index (χ2v) is 2.77. The van der Waals surface area contributed by atoms with Crippen molar-refractivity contribution in [1.82, 2.24) is 5.32 Å². The second-order valence-electron chi connectivity index (χ2n) is 2.77. The zero-order valence-electron chi connectivity index (χ0n) is 6.46. The molecule has 1 heterocycles. The van der Waals surface area contributed by atoms with Gasteiger partial charge in [0.1, 0.15) is 0 Å². The quantitative estimate of drug-likeness (QED) is 0.463. The van der Waals surface area contributed by atoms with E-state index >= 15 is 0 Å². The second kappa shape index (κ2) is 2.86. The van der Waals surface area contributed by atoms with E-state index in [2.05, 4.69) is 11.9 Å². The molecule has 1 N–H and O–H groups in total. The Bertz CT molecular complexity index is 210. The summed E-state index contributed by atoms with van der Waals surface area (Å²) < 4.78 is 0. The number of carbonyl (C=O) groups excluding carboxylic acids is 2. The van der Waals surface area contributed by atoms with Gasteiger partial charge in [-0.2, -0.15) is 0 Å². The molecular weight excluding hydrogens is 142 g/mol. The summed E-state index contributed by atoms with van der Waals surface area (Å²) in [4.78, 5) is 21.9. The number of amides is 2. The predicted octanol–water partition coefficient (Wildman–Crippen LogP) is 0.471. The van der Waals surface area contributed by atoms with Crippen LogP contribution in [0.15, 0.2) is 12.7 Å². The predicted molar refractivity (Wildman–Crippen MR) is 40.6 cm³/mol. The fourth-order valence-corrected chi connectivity index (χ4v) is 1.23. The van der Waals surface area contributed by atoms with Crippen LogP contribution in [0.3, 0.4) is 0 Å². The number of allylic oxidation sites excluding steroid dienone is 1. The molecule has 0 spiro atoms. The van der Waals surface area contributed by atoms with Crippen molar-refractivity contribution in [2.45, 2.75) is 13.3 Å². The molecule has 0 aromatic rings. The van der Waals surface area contributed by atoms with Crippen molar-refractivity contribution in [2.24, 2.45) is 11.8 Å². The highest BCUT2D eigenvalue weighted by atomic mass is 16.2. The lowest BCUT2D eigenvalue weighted by atomic mass is 9.94. The van der Waals surface area contributed by atoms with Crippen LogP contribution in [0.5, 0.6) is 0 Å². The summed E-state index contributed by atoms with van der Waals surface area (Å²) in [5.41, 5.74) is 0. The summed E-state index contributed by atoms with van der Waals surface area (Å²) in [6.45, 7) is 5.29. The minimum absolute atomic E-state index is 0.164. The molecule has 2 amide bonds. The van der Waals surface area contributed by atoms with E-state index < -0.39 is 0 Å². The van der Waals surface area contributed by atoms with Gasteiger partial charge in [-0.1, -0.05) is 13.0 Å². The average molecular weight is 153 g/mol. The molecule has 0 aliphatic carbocycles. The Hall–Kier alpha value is -1.12. The van der Waals surface area contributed by atoms with Crippen molar-refractivity contribution in [3.05, 3.63) is 12.7 Å². The molecular formula is C8H11NO2. The highest BCUT2D eigenvalue weighted by Crippen LogP contribution is 2.21. The van der Waals surface area contributed by atoms with Crippen LogP contribution in [0.2, 0.25) is 0 Å². The molecule has 3 nitrogen and oxygen atoms in total. The first-order chi connectivity index (χ1) is 5.16. The molecule has 1 saturated heterocycles. The van der Waals surface area contributed by atoms with Crippen LogP contribution in [0, 0.1) is 11.8 Å². The minimum atomic E-state index is -0.194. The average Bonchev–Trinajstić information content (AvgIpc) is 2.17. The van der Waals surface area contributed by atoms with Gasteiger partial charge in [0, 0.05) is 5.92 Å². The molecule has 0 aromatic heterocycles. The zero-order valence-corrected chi connectivity index (χ0v) is 6.46. The monoisotopic (exact) mass is 153 g/mol. The first-order valence-electron chi connectivity index (χ1n) is 3.62. The Morgan fingerprint density at radius 1 is 1.55 bits per heavy atom. The van der Waals surface area contributed by atoms with Crippen molar-refractivity contribution in [3.8, 4) is 0 Å². The molecule has 60 valence electrons. The SMILES string of the molecule is C=CCC1C(=O)NC(=O)C1C. The van der Waals surface area contributed by atoms with Crippen molar-refractivity contribution in [3.63, 3.8) is 0 Å². The van der Waals surface area contributed by atoms with E-state index in [0.29, 0.717) is 6.42 Å². The number of hydrogen-bond acceptors (Lipinski definition) is 2. The summed E-state index contributed by atoms with van der Waals surface area (Å²) in [7, 11) is 0. The van der Waals surface area contributed by atoms with Crippen molar-refractivity contribution < 1.29 is 9.59 Å². The molecule has 0 radical (unpaired) electrons. The molecule has 0 bridgehead atoms. The van der Waals surface area contributed by atoms with Gasteiger partial charge in [0.15, 0.2) is 0 Å². The molecule has 3 heteroatoms. The van der Waals surface area contributed by atoms with Crippen LogP contribution in [-0.4, -0.2) is 11.8 Å². The third-order valence-corrected chi connectivity index (χ3v) is 2.02. The van der Waals surface area contributed by atoms with Gasteiger partial charge in [-0.15, -0.1) is 6.58 Å². The Kier molecular flexibility index (Phi) is 2.08. The maximum Gasteiger partial charge on any atom is 0.230 e. The Morgan fingerprint density at radius 3 is 2.55 bits per heavy atom. The fourth-order valence-electron chi connectivity index (χ4n) is 1.23. The standard InChI is InChI=1S/C8H11NO2/c1-3-4-6-5(2)7(10)9-8(6)11/h3,5-6H,1,4H2,2H3,(H,9,10,11). The van der Waals surface area contributed by atoms with Crippen LogP contribution < -0.4 is 5.32 Å². The normalized spacial score (nSPS) is 30.3. The number of imide groups is 1. The molecule has 0 saturated carbocycles. The highest BCUT2D eigenvalue weighted by Gasteiger charge is 2.36. The zero-order chi connectivity index (χ0) is 8.43. The van der Waals surface area contributed by atoms with E-state index in [1.54, 1.807) is 13.0 Å². The van der Waals surface area contributed by atoms with Gasteiger partial charge in [-0.3, -0.25) is 14.9 Å². The summed E-state index contributed by atoms with van der Waals surface area (Å²) in [6.07, 6.45) is 2.25. The van der Waals surface area contributed by atoms with Crippen molar-refractivity contribution in [2.75, 3.05) is 0 Å². The smallest absolute Gasteiger partial charge is 0.230 e. The molecule has 1 aliphatic rings. The van der Waals surface area contributed by atoms with Crippen molar-refractivity contribution >= 4 is 11.8 Å². The molecule has 2 unspecified atom stereocenters. The van der Waals surface area contributed by atoms with E-state index in [0.717, 1.165) is 0 Å². The summed E-state index contributed by atoms with van der Waals surface area (Å²) >= 11 is 0. The van der Waals surface area contributed by atoms with E-state index in [1.165, 1.54) is 0 Å². The van der Waals surface area contributed by atoms with Crippen molar-refractivity contribution in [1.29, 1.82) is 0 Å². The summed E-state index contributed by atoms with van der Waals surface area (Å²) in [5, 5.41) is 2.28. The van der Waals surface area contributed by atoms with E-state index in [-0.39, 0.29) is 23.7 Å². The van der Waals surface area contributed by atoms with Gasteiger partial charge < -0.3 is 0 Å². The van der Waals surface area contributed by atoms with Crippen LogP contribution in [0.1, 0.15) is 13.3 Å². The van der Waals surface area contributed by atoms with E-state index in [4.69, 9.17) is 0 Å². The third-order valence-electron chi connectivity index (χ3n) is 2.02. The first kappa shape index (κ1) is 7.98. The maximum absolute atomic E-state index is 11.0. The van der Waals surface area contributed by atoms with Crippen LogP contribution in [-0.2, 0) is 9.59 Å². The molecule has 1 fully saturated rings. The van der Waals surface area contributed by atoms with E-state index in [9.17, 15) is 9.59 Å². The maximum atomic E-state index is 11.0. The number of hydrogen-bond donors (Lipinski definition) is 1. The molecule has 11 heavy (non-hydrogen) atoms. The summed E-state index contributed by atoms with van der Waals surface area (Å²) in [5.74, 6) is -0.718. The minimum Gasteiger partial charge on any atom is -0.296 e. The number of carbonyl (C=O) groups is 2. The van der Waals surface area contributed by atoms with Gasteiger partial charge in [-0.25, -0.2) is 0 Å². The van der Waals surface area contributed by atoms with E-state index in [1.807, 2.05) is 0 Å². The molecule has 2 atom stereocenters. The lowest BCUT2D eigenvalue weighted by Crippen LogP contribution is -2.21. The van der Waals surface area contributed by atoms with Crippen LogP contribution >= 0.6 is 0 Å². The molecule has 1 rings (SSSR count).